The second-order valence-electron chi connectivity index (χ2n) is 6.42. The summed E-state index contributed by atoms with van der Waals surface area (Å²) in [6.07, 6.45) is -0.521. The maximum Gasteiger partial charge on any atom is 0.329 e. The van der Waals surface area contributed by atoms with E-state index in [2.05, 4.69) is 10.6 Å². The number of ether oxygens (including phenoxy) is 1. The van der Waals surface area contributed by atoms with Crippen molar-refractivity contribution in [3.8, 4) is 0 Å². The molecule has 0 aliphatic carbocycles. The normalized spacial score (nSPS) is 12.6. The SMILES string of the molecule is CC(NC(=O)c1ccccc1Cl)C(=O)OC(C)C(=O)NCCc1ccc(F)cc1. The fourth-order valence-corrected chi connectivity index (χ4v) is 2.65. The lowest BCUT2D eigenvalue weighted by atomic mass is 10.1. The molecule has 2 aromatic carbocycles. The highest BCUT2D eigenvalue weighted by atomic mass is 35.5. The third-order valence-corrected chi connectivity index (χ3v) is 4.44. The Labute approximate surface area is 173 Å². The molecule has 2 amide bonds. The van der Waals surface area contributed by atoms with Gasteiger partial charge in [-0.1, -0.05) is 35.9 Å². The van der Waals surface area contributed by atoms with Gasteiger partial charge in [-0.2, -0.15) is 0 Å². The maximum absolute atomic E-state index is 12.9. The van der Waals surface area contributed by atoms with Crippen molar-refractivity contribution in [2.75, 3.05) is 6.54 Å². The molecule has 29 heavy (non-hydrogen) atoms. The smallest absolute Gasteiger partial charge is 0.329 e. The first-order valence-electron chi connectivity index (χ1n) is 9.06. The maximum atomic E-state index is 12.9. The minimum atomic E-state index is -1.03. The van der Waals surface area contributed by atoms with E-state index in [1.807, 2.05) is 0 Å². The first kappa shape index (κ1) is 22.4. The minimum absolute atomic E-state index is 0.236. The molecule has 0 heterocycles. The molecular weight excluding hydrogens is 399 g/mol. The Hall–Kier alpha value is -2.93. The van der Waals surface area contributed by atoms with E-state index in [0.29, 0.717) is 13.0 Å². The van der Waals surface area contributed by atoms with Gasteiger partial charge in [0.25, 0.3) is 11.8 Å². The molecule has 0 aliphatic rings. The van der Waals surface area contributed by atoms with E-state index in [4.69, 9.17) is 16.3 Å². The predicted octanol–water partition coefficient (Wildman–Crippen LogP) is 2.89. The zero-order valence-electron chi connectivity index (χ0n) is 16.1. The number of halogens is 2. The summed E-state index contributed by atoms with van der Waals surface area (Å²) in [7, 11) is 0. The number of hydrogen-bond acceptors (Lipinski definition) is 4. The topological polar surface area (TPSA) is 84.5 Å². The van der Waals surface area contributed by atoms with Crippen molar-refractivity contribution in [1.82, 2.24) is 10.6 Å². The lowest BCUT2D eigenvalue weighted by Gasteiger charge is -2.18. The summed E-state index contributed by atoms with van der Waals surface area (Å²) in [6.45, 7) is 3.20. The Bertz CT molecular complexity index is 873. The molecule has 6 nitrogen and oxygen atoms in total. The van der Waals surface area contributed by atoms with E-state index in [1.54, 1.807) is 30.3 Å². The average molecular weight is 421 g/mol. The molecule has 2 rings (SSSR count). The Morgan fingerprint density at radius 2 is 1.72 bits per heavy atom. The number of benzene rings is 2. The molecule has 0 aromatic heterocycles. The van der Waals surface area contributed by atoms with Crippen LogP contribution in [-0.4, -0.2) is 36.5 Å². The number of nitrogens with one attached hydrogen (secondary N) is 2. The van der Waals surface area contributed by atoms with E-state index in [-0.39, 0.29) is 16.4 Å². The molecular formula is C21H22ClFN2O4. The summed E-state index contributed by atoms with van der Waals surface area (Å²) in [6, 6.07) is 11.4. The number of amides is 2. The first-order valence-corrected chi connectivity index (χ1v) is 9.43. The fraction of sp³-hybridized carbons (Fsp3) is 0.286. The van der Waals surface area contributed by atoms with Crippen LogP contribution in [0.2, 0.25) is 5.02 Å². The van der Waals surface area contributed by atoms with Crippen molar-refractivity contribution in [3.05, 3.63) is 70.5 Å². The van der Waals surface area contributed by atoms with Gasteiger partial charge >= 0.3 is 5.97 Å². The van der Waals surface area contributed by atoms with Gasteiger partial charge in [-0.15, -0.1) is 0 Å². The van der Waals surface area contributed by atoms with Crippen LogP contribution in [0.25, 0.3) is 0 Å². The van der Waals surface area contributed by atoms with Crippen molar-refractivity contribution in [3.63, 3.8) is 0 Å². The van der Waals surface area contributed by atoms with Gasteiger partial charge in [0, 0.05) is 6.54 Å². The molecule has 0 aliphatic heterocycles. The van der Waals surface area contributed by atoms with Crippen LogP contribution in [0.15, 0.2) is 48.5 Å². The van der Waals surface area contributed by atoms with Crippen LogP contribution in [0.1, 0.15) is 29.8 Å². The number of rotatable bonds is 8. The van der Waals surface area contributed by atoms with Gasteiger partial charge in [-0.3, -0.25) is 9.59 Å². The van der Waals surface area contributed by atoms with Crippen LogP contribution in [0.5, 0.6) is 0 Å². The average Bonchev–Trinajstić information content (AvgIpc) is 2.69. The summed E-state index contributed by atoms with van der Waals surface area (Å²) >= 11 is 5.96. The van der Waals surface area contributed by atoms with Crippen LogP contribution in [0.3, 0.4) is 0 Å². The molecule has 0 spiro atoms. The largest absolute Gasteiger partial charge is 0.451 e. The lowest BCUT2D eigenvalue weighted by molar-refractivity contribution is -0.156. The number of esters is 1. The van der Waals surface area contributed by atoms with Crippen LogP contribution in [-0.2, 0) is 20.7 Å². The van der Waals surface area contributed by atoms with Gasteiger partial charge in [0.2, 0.25) is 0 Å². The van der Waals surface area contributed by atoms with Crippen molar-refractivity contribution in [2.24, 2.45) is 0 Å². The third kappa shape index (κ3) is 6.87. The van der Waals surface area contributed by atoms with Crippen molar-refractivity contribution >= 4 is 29.4 Å². The fourth-order valence-electron chi connectivity index (χ4n) is 2.43. The van der Waals surface area contributed by atoms with E-state index < -0.39 is 29.9 Å². The summed E-state index contributed by atoms with van der Waals surface area (Å²) in [5.41, 5.74) is 1.10. The number of carbonyl (C=O) groups is 3. The predicted molar refractivity (Wildman–Crippen MR) is 107 cm³/mol. The van der Waals surface area contributed by atoms with Crippen LogP contribution >= 0.6 is 11.6 Å². The molecule has 154 valence electrons. The van der Waals surface area contributed by atoms with E-state index in [1.165, 1.54) is 32.0 Å². The molecule has 2 unspecified atom stereocenters. The molecule has 0 fully saturated rings. The van der Waals surface area contributed by atoms with Crippen molar-refractivity contribution in [2.45, 2.75) is 32.4 Å². The molecule has 2 atom stereocenters. The Kier molecular flexibility index (Phi) is 8.15. The quantitative estimate of drug-likeness (QED) is 0.643. The second kappa shape index (κ2) is 10.6. The van der Waals surface area contributed by atoms with Crippen LogP contribution < -0.4 is 10.6 Å². The van der Waals surface area contributed by atoms with Gasteiger partial charge in [-0.25, -0.2) is 9.18 Å². The summed E-state index contributed by atoms with van der Waals surface area (Å²) < 4.78 is 18.0. The first-order chi connectivity index (χ1) is 13.8. The summed E-state index contributed by atoms with van der Waals surface area (Å²) in [5.74, 6) is -2.05. The monoisotopic (exact) mass is 420 g/mol. The van der Waals surface area contributed by atoms with Gasteiger partial charge in [-0.05, 0) is 50.1 Å². The molecule has 0 bridgehead atoms. The Morgan fingerprint density at radius 3 is 2.38 bits per heavy atom. The van der Waals surface area contributed by atoms with Gasteiger partial charge < -0.3 is 15.4 Å². The highest BCUT2D eigenvalue weighted by Crippen LogP contribution is 2.14. The molecule has 2 N–H and O–H groups in total. The van der Waals surface area contributed by atoms with E-state index >= 15 is 0 Å². The van der Waals surface area contributed by atoms with Gasteiger partial charge in [0.15, 0.2) is 6.10 Å². The lowest BCUT2D eigenvalue weighted by Crippen LogP contribution is -2.43. The van der Waals surface area contributed by atoms with Crippen molar-refractivity contribution < 1.29 is 23.5 Å². The second-order valence-corrected chi connectivity index (χ2v) is 6.83. The van der Waals surface area contributed by atoms with Gasteiger partial charge in [0.05, 0.1) is 10.6 Å². The molecule has 0 saturated carbocycles. The standard InChI is InChI=1S/C21H22ClFN2O4/c1-13(25-20(27)17-5-3-4-6-18(17)22)21(28)29-14(2)19(26)24-12-11-15-7-9-16(23)10-8-15/h3-10,13-14H,11-12H2,1-2H3,(H,24,26)(H,25,27). The molecule has 0 saturated heterocycles. The molecule has 2 aromatic rings. The van der Waals surface area contributed by atoms with Gasteiger partial charge in [0.1, 0.15) is 11.9 Å². The summed E-state index contributed by atoms with van der Waals surface area (Å²) in [4.78, 5) is 36.4. The highest BCUT2D eigenvalue weighted by molar-refractivity contribution is 6.33. The van der Waals surface area contributed by atoms with E-state index in [0.717, 1.165) is 5.56 Å². The highest BCUT2D eigenvalue weighted by Gasteiger charge is 2.23. The minimum Gasteiger partial charge on any atom is -0.451 e. The zero-order chi connectivity index (χ0) is 21.4. The number of carbonyl (C=O) groups excluding carboxylic acids is 3. The van der Waals surface area contributed by atoms with Crippen LogP contribution in [0.4, 0.5) is 4.39 Å². The summed E-state index contributed by atoms with van der Waals surface area (Å²) in [5, 5.41) is 5.40. The molecule has 8 heteroatoms. The third-order valence-electron chi connectivity index (χ3n) is 4.11. The Morgan fingerprint density at radius 1 is 1.07 bits per heavy atom. The number of hydrogen-bond donors (Lipinski definition) is 2. The van der Waals surface area contributed by atoms with Crippen molar-refractivity contribution in [1.29, 1.82) is 0 Å². The Balaban J connectivity index is 1.77. The van der Waals surface area contributed by atoms with Crippen LogP contribution in [0, 0.1) is 5.82 Å². The van der Waals surface area contributed by atoms with E-state index in [9.17, 15) is 18.8 Å². The zero-order valence-corrected chi connectivity index (χ0v) is 16.8. The molecule has 0 radical (unpaired) electrons.